The minimum atomic E-state index is 0. The molecular formula is C25H30ClNO2S. The molecular weight excluding hydrogens is 414 g/mol. The number of ketones is 1. The van der Waals surface area contributed by atoms with Gasteiger partial charge in [-0.15, -0.1) is 24.2 Å². The molecule has 3 aliphatic rings. The zero-order chi connectivity index (χ0) is 20.0. The van der Waals surface area contributed by atoms with E-state index in [2.05, 4.69) is 17.2 Å². The number of piperidine rings is 1. The molecule has 1 N–H and O–H groups in total. The predicted molar refractivity (Wildman–Crippen MR) is 125 cm³/mol. The van der Waals surface area contributed by atoms with Crippen LogP contribution in [0.15, 0.2) is 47.4 Å². The standard InChI is InChI=1S/C25H29NO2S.ClH/c1-29-20-9-6-17(7-10-20)24(28)16-26-13-12-25-11-3-2-4-21(25)23(26)14-18-5-8-19(27)15-22(18)25;/h5-10,15,21,23,27H,2-4,11-14,16H2,1H3;1H/t21-,23+,25+;/m0./s1. The van der Waals surface area contributed by atoms with Gasteiger partial charge in [0.05, 0.1) is 6.54 Å². The molecule has 0 aromatic heterocycles. The maximum Gasteiger partial charge on any atom is 0.176 e. The molecule has 160 valence electrons. The van der Waals surface area contributed by atoms with Gasteiger partial charge in [0.2, 0.25) is 0 Å². The monoisotopic (exact) mass is 443 g/mol. The number of halogens is 1. The quantitative estimate of drug-likeness (QED) is 0.502. The average molecular weight is 444 g/mol. The number of phenolic OH excluding ortho intramolecular Hbond substituents is 1. The van der Waals surface area contributed by atoms with Crippen LogP contribution in [0.5, 0.6) is 5.75 Å². The number of fused-ring (bicyclic) bond motifs is 1. The zero-order valence-electron chi connectivity index (χ0n) is 17.5. The van der Waals surface area contributed by atoms with Crippen LogP contribution in [-0.4, -0.2) is 41.2 Å². The highest BCUT2D eigenvalue weighted by Gasteiger charge is 2.53. The van der Waals surface area contributed by atoms with Crippen LogP contribution in [0.3, 0.4) is 0 Å². The van der Waals surface area contributed by atoms with E-state index in [1.807, 2.05) is 36.4 Å². The summed E-state index contributed by atoms with van der Waals surface area (Å²) in [6.07, 6.45) is 9.19. The van der Waals surface area contributed by atoms with Crippen molar-refractivity contribution in [3.05, 3.63) is 59.2 Å². The number of aromatic hydroxyl groups is 1. The van der Waals surface area contributed by atoms with E-state index in [-0.39, 0.29) is 23.6 Å². The Kier molecular flexibility index (Phi) is 6.20. The van der Waals surface area contributed by atoms with Crippen molar-refractivity contribution in [2.24, 2.45) is 5.92 Å². The third-order valence-electron chi connectivity index (χ3n) is 7.69. The molecule has 3 atom stereocenters. The van der Waals surface area contributed by atoms with Gasteiger partial charge in [0, 0.05) is 21.9 Å². The number of carbonyl (C=O) groups is 1. The van der Waals surface area contributed by atoms with Crippen molar-refractivity contribution in [1.82, 2.24) is 4.90 Å². The van der Waals surface area contributed by atoms with Gasteiger partial charge < -0.3 is 5.11 Å². The van der Waals surface area contributed by atoms with Gasteiger partial charge in [-0.25, -0.2) is 0 Å². The number of carbonyl (C=O) groups excluding carboxylic acids is 1. The van der Waals surface area contributed by atoms with E-state index >= 15 is 0 Å². The minimum absolute atomic E-state index is 0. The predicted octanol–water partition coefficient (Wildman–Crippen LogP) is 5.48. The first-order chi connectivity index (χ1) is 14.1. The molecule has 0 amide bonds. The summed E-state index contributed by atoms with van der Waals surface area (Å²) in [5.41, 5.74) is 3.81. The fraction of sp³-hybridized carbons (Fsp3) is 0.480. The number of rotatable bonds is 4. The van der Waals surface area contributed by atoms with Gasteiger partial charge >= 0.3 is 0 Å². The van der Waals surface area contributed by atoms with E-state index in [0.717, 1.165) is 24.9 Å². The smallest absolute Gasteiger partial charge is 0.176 e. The molecule has 30 heavy (non-hydrogen) atoms. The fourth-order valence-electron chi connectivity index (χ4n) is 6.32. The van der Waals surface area contributed by atoms with E-state index in [1.165, 1.54) is 41.7 Å². The average Bonchev–Trinajstić information content (AvgIpc) is 2.76. The molecule has 0 unspecified atom stereocenters. The van der Waals surface area contributed by atoms with E-state index in [0.29, 0.717) is 24.3 Å². The molecule has 1 heterocycles. The van der Waals surface area contributed by atoms with Crippen LogP contribution in [-0.2, 0) is 11.8 Å². The van der Waals surface area contributed by atoms with Gasteiger partial charge in [0.25, 0.3) is 0 Å². The van der Waals surface area contributed by atoms with Crippen molar-refractivity contribution >= 4 is 30.0 Å². The van der Waals surface area contributed by atoms with Crippen molar-refractivity contribution in [2.75, 3.05) is 19.3 Å². The first-order valence-corrected chi connectivity index (χ1v) is 12.1. The molecule has 1 saturated carbocycles. The normalized spacial score (nSPS) is 27.5. The molecule has 2 fully saturated rings. The third-order valence-corrected chi connectivity index (χ3v) is 8.44. The van der Waals surface area contributed by atoms with Crippen LogP contribution in [0, 0.1) is 5.92 Å². The number of likely N-dealkylation sites (tertiary alicyclic amines) is 1. The van der Waals surface area contributed by atoms with Crippen LogP contribution in [0.2, 0.25) is 0 Å². The summed E-state index contributed by atoms with van der Waals surface area (Å²) in [6, 6.07) is 14.5. The maximum atomic E-state index is 13.0. The molecule has 5 heteroatoms. The number of hydrogen-bond acceptors (Lipinski definition) is 4. The number of hydrogen-bond donors (Lipinski definition) is 1. The lowest BCUT2D eigenvalue weighted by Gasteiger charge is -2.59. The highest BCUT2D eigenvalue weighted by atomic mass is 35.5. The summed E-state index contributed by atoms with van der Waals surface area (Å²) >= 11 is 1.70. The molecule has 2 aromatic rings. The lowest BCUT2D eigenvalue weighted by molar-refractivity contribution is -0.00848. The summed E-state index contributed by atoms with van der Waals surface area (Å²) in [7, 11) is 0. The topological polar surface area (TPSA) is 40.5 Å². The number of phenols is 1. The first kappa shape index (κ1) is 21.7. The lowest BCUT2D eigenvalue weighted by atomic mass is 9.52. The van der Waals surface area contributed by atoms with E-state index in [9.17, 15) is 9.90 Å². The van der Waals surface area contributed by atoms with Crippen LogP contribution in [0.25, 0.3) is 0 Å². The Balaban J connectivity index is 0.00000218. The van der Waals surface area contributed by atoms with Crippen LogP contribution < -0.4 is 0 Å². The Morgan fingerprint density at radius 3 is 2.73 bits per heavy atom. The number of thioether (sulfide) groups is 1. The van der Waals surface area contributed by atoms with Crippen molar-refractivity contribution in [2.45, 2.75) is 54.9 Å². The Bertz CT molecular complexity index is 931. The minimum Gasteiger partial charge on any atom is -0.508 e. The molecule has 1 aliphatic heterocycles. The van der Waals surface area contributed by atoms with Gasteiger partial charge in [0.15, 0.2) is 5.78 Å². The number of benzene rings is 2. The summed E-state index contributed by atoms with van der Waals surface area (Å²) in [5.74, 6) is 1.23. The first-order valence-electron chi connectivity index (χ1n) is 10.8. The molecule has 5 rings (SSSR count). The van der Waals surface area contributed by atoms with Gasteiger partial charge in [-0.1, -0.05) is 31.0 Å². The Morgan fingerprint density at radius 2 is 1.97 bits per heavy atom. The van der Waals surface area contributed by atoms with Crippen molar-refractivity contribution in [3.8, 4) is 5.75 Å². The van der Waals surface area contributed by atoms with Crippen LogP contribution in [0.1, 0.15) is 53.6 Å². The van der Waals surface area contributed by atoms with Gasteiger partial charge in [0.1, 0.15) is 5.75 Å². The molecule has 0 radical (unpaired) electrons. The summed E-state index contributed by atoms with van der Waals surface area (Å²) in [4.78, 5) is 16.7. The van der Waals surface area contributed by atoms with Gasteiger partial charge in [-0.3, -0.25) is 9.69 Å². The van der Waals surface area contributed by atoms with Gasteiger partial charge in [-0.05, 0) is 79.8 Å². The second-order valence-corrected chi connectivity index (χ2v) is 9.87. The van der Waals surface area contributed by atoms with Crippen LogP contribution in [0.4, 0.5) is 0 Å². The van der Waals surface area contributed by atoms with Crippen molar-refractivity contribution < 1.29 is 9.90 Å². The molecule has 2 bridgehead atoms. The maximum absolute atomic E-state index is 13.0. The van der Waals surface area contributed by atoms with Gasteiger partial charge in [-0.2, -0.15) is 0 Å². The van der Waals surface area contributed by atoms with E-state index < -0.39 is 0 Å². The molecule has 2 aromatic carbocycles. The zero-order valence-corrected chi connectivity index (χ0v) is 19.1. The Labute approximate surface area is 189 Å². The SMILES string of the molecule is CSc1ccc(C(=O)CN2CC[C@]34CCCC[C@H]3[C@H]2Cc2ccc(O)cc24)cc1.Cl. The molecule has 0 spiro atoms. The fourth-order valence-corrected chi connectivity index (χ4v) is 6.73. The largest absolute Gasteiger partial charge is 0.508 e. The number of nitrogens with zero attached hydrogens (tertiary/aromatic N) is 1. The lowest BCUT2D eigenvalue weighted by Crippen LogP contribution is -2.61. The third kappa shape index (κ3) is 3.57. The number of Topliss-reactive ketones (excluding diaryl/α,β-unsaturated/α-hetero) is 1. The Morgan fingerprint density at radius 1 is 1.17 bits per heavy atom. The second-order valence-electron chi connectivity index (χ2n) is 8.99. The molecule has 3 nitrogen and oxygen atoms in total. The van der Waals surface area contributed by atoms with Crippen molar-refractivity contribution in [3.63, 3.8) is 0 Å². The summed E-state index contributed by atoms with van der Waals surface area (Å²) in [5, 5.41) is 10.2. The Hall–Kier alpha value is -1.49. The highest BCUT2D eigenvalue weighted by molar-refractivity contribution is 7.98. The summed E-state index contributed by atoms with van der Waals surface area (Å²) < 4.78 is 0. The highest BCUT2D eigenvalue weighted by Crippen LogP contribution is 2.56. The van der Waals surface area contributed by atoms with Crippen LogP contribution >= 0.6 is 24.2 Å². The van der Waals surface area contributed by atoms with E-state index in [4.69, 9.17) is 0 Å². The molecule has 2 aliphatic carbocycles. The van der Waals surface area contributed by atoms with Crippen molar-refractivity contribution in [1.29, 1.82) is 0 Å². The molecule has 1 saturated heterocycles. The van der Waals surface area contributed by atoms with E-state index in [1.54, 1.807) is 11.8 Å². The summed E-state index contributed by atoms with van der Waals surface area (Å²) in [6.45, 7) is 1.49. The second kappa shape index (κ2) is 8.57.